The second kappa shape index (κ2) is 4.49. The first-order valence-electron chi connectivity index (χ1n) is 7.22. The zero-order valence-electron chi connectivity index (χ0n) is 12.2. The molecule has 0 aliphatic carbocycles. The lowest BCUT2D eigenvalue weighted by molar-refractivity contribution is 0.670. The van der Waals surface area contributed by atoms with E-state index in [-0.39, 0.29) is 0 Å². The van der Waals surface area contributed by atoms with Crippen molar-refractivity contribution < 1.29 is 4.42 Å². The fraction of sp³-hybridized carbons (Fsp3) is 0.100. The van der Waals surface area contributed by atoms with Crippen molar-refractivity contribution in [3.63, 3.8) is 0 Å². The van der Waals surface area contributed by atoms with Gasteiger partial charge in [-0.15, -0.1) is 0 Å². The van der Waals surface area contributed by atoms with E-state index < -0.39 is 0 Å². The molecule has 0 bridgehead atoms. The van der Waals surface area contributed by atoms with Crippen molar-refractivity contribution in [1.29, 1.82) is 0 Å². The van der Waals surface area contributed by atoms with E-state index in [1.54, 1.807) is 0 Å². The standard InChI is InChI=1S/C20H16O/c1-13-10-11-15(12-14(13)2)16-7-5-8-18-17-6-3-4-9-19(17)21-20(16)18/h3-12H,1-2H3. The first kappa shape index (κ1) is 12.2. The van der Waals surface area contributed by atoms with Crippen LogP contribution >= 0.6 is 0 Å². The van der Waals surface area contributed by atoms with Gasteiger partial charge in [0.1, 0.15) is 11.2 Å². The molecule has 0 fully saturated rings. The van der Waals surface area contributed by atoms with Gasteiger partial charge in [0.15, 0.2) is 0 Å². The Bertz CT molecular complexity index is 960. The molecule has 1 aromatic heterocycles. The third-order valence-electron chi connectivity index (χ3n) is 4.22. The Balaban J connectivity index is 2.06. The fourth-order valence-electron chi connectivity index (χ4n) is 2.88. The van der Waals surface area contributed by atoms with Crippen LogP contribution < -0.4 is 0 Å². The van der Waals surface area contributed by atoms with Crippen LogP contribution in [0, 0.1) is 13.8 Å². The summed E-state index contributed by atoms with van der Waals surface area (Å²) in [6.45, 7) is 4.29. The van der Waals surface area contributed by atoms with Gasteiger partial charge >= 0.3 is 0 Å². The molecule has 1 nitrogen and oxygen atoms in total. The lowest BCUT2D eigenvalue weighted by Gasteiger charge is -2.06. The molecule has 0 radical (unpaired) electrons. The van der Waals surface area contributed by atoms with E-state index in [0.29, 0.717) is 0 Å². The number of hydrogen-bond acceptors (Lipinski definition) is 1. The summed E-state index contributed by atoms with van der Waals surface area (Å²) in [6.07, 6.45) is 0. The molecule has 0 saturated carbocycles. The molecule has 0 N–H and O–H groups in total. The van der Waals surface area contributed by atoms with Crippen LogP contribution in [0.2, 0.25) is 0 Å². The molecular weight excluding hydrogens is 256 g/mol. The predicted octanol–water partition coefficient (Wildman–Crippen LogP) is 5.87. The summed E-state index contributed by atoms with van der Waals surface area (Å²) < 4.78 is 6.11. The summed E-state index contributed by atoms with van der Waals surface area (Å²) in [5.41, 5.74) is 6.91. The number of benzene rings is 3. The largest absolute Gasteiger partial charge is 0.455 e. The zero-order valence-corrected chi connectivity index (χ0v) is 12.2. The maximum atomic E-state index is 6.11. The molecule has 0 unspecified atom stereocenters. The van der Waals surface area contributed by atoms with Crippen LogP contribution in [0.5, 0.6) is 0 Å². The second-order valence-corrected chi connectivity index (χ2v) is 5.58. The number of rotatable bonds is 1. The Hall–Kier alpha value is -2.54. The Morgan fingerprint density at radius 2 is 1.52 bits per heavy atom. The summed E-state index contributed by atoms with van der Waals surface area (Å²) in [4.78, 5) is 0. The minimum atomic E-state index is 0.948. The molecule has 0 amide bonds. The molecular formula is C20H16O. The highest BCUT2D eigenvalue weighted by Crippen LogP contribution is 2.35. The van der Waals surface area contributed by atoms with Gasteiger partial charge in [-0.2, -0.15) is 0 Å². The van der Waals surface area contributed by atoms with E-state index in [9.17, 15) is 0 Å². The molecule has 0 atom stereocenters. The molecule has 1 heteroatoms. The highest BCUT2D eigenvalue weighted by atomic mass is 16.3. The number of aryl methyl sites for hydroxylation is 2. The van der Waals surface area contributed by atoms with E-state index in [2.05, 4.69) is 62.4 Å². The summed E-state index contributed by atoms with van der Waals surface area (Å²) >= 11 is 0. The average molecular weight is 272 g/mol. The van der Waals surface area contributed by atoms with E-state index in [1.165, 1.54) is 27.5 Å². The average Bonchev–Trinajstić information content (AvgIpc) is 2.89. The van der Waals surface area contributed by atoms with Gasteiger partial charge in [0.25, 0.3) is 0 Å². The van der Waals surface area contributed by atoms with Gasteiger partial charge in [0.05, 0.1) is 0 Å². The SMILES string of the molecule is Cc1ccc(-c2cccc3c2oc2ccccc23)cc1C. The van der Waals surface area contributed by atoms with Gasteiger partial charge < -0.3 is 4.42 Å². The van der Waals surface area contributed by atoms with Crippen LogP contribution in [0.1, 0.15) is 11.1 Å². The molecule has 3 aromatic carbocycles. The van der Waals surface area contributed by atoms with Gasteiger partial charge in [0, 0.05) is 16.3 Å². The summed E-state index contributed by atoms with van der Waals surface area (Å²) in [5, 5.41) is 2.36. The third kappa shape index (κ3) is 1.85. The van der Waals surface area contributed by atoms with Gasteiger partial charge in [-0.25, -0.2) is 0 Å². The molecule has 1 heterocycles. The van der Waals surface area contributed by atoms with Gasteiger partial charge in [0.2, 0.25) is 0 Å². The number of furan rings is 1. The molecule has 0 aliphatic heterocycles. The van der Waals surface area contributed by atoms with Crippen molar-refractivity contribution in [1.82, 2.24) is 0 Å². The first-order chi connectivity index (χ1) is 10.2. The summed E-state index contributed by atoms with van der Waals surface area (Å²) in [5.74, 6) is 0. The molecule has 0 spiro atoms. The summed E-state index contributed by atoms with van der Waals surface area (Å²) in [7, 11) is 0. The maximum absolute atomic E-state index is 6.11. The quantitative estimate of drug-likeness (QED) is 0.422. The van der Waals surface area contributed by atoms with Crippen LogP contribution in [0.15, 0.2) is 65.1 Å². The lowest BCUT2D eigenvalue weighted by Crippen LogP contribution is -1.84. The highest BCUT2D eigenvalue weighted by molar-refractivity contribution is 6.09. The Morgan fingerprint density at radius 1 is 0.714 bits per heavy atom. The number of hydrogen-bond donors (Lipinski definition) is 0. The molecule has 4 aromatic rings. The molecule has 21 heavy (non-hydrogen) atoms. The molecule has 4 rings (SSSR count). The minimum absolute atomic E-state index is 0.948. The van der Waals surface area contributed by atoms with Crippen LogP contribution in [0.4, 0.5) is 0 Å². The zero-order chi connectivity index (χ0) is 14.4. The second-order valence-electron chi connectivity index (χ2n) is 5.58. The first-order valence-corrected chi connectivity index (χ1v) is 7.22. The molecule has 102 valence electrons. The van der Waals surface area contributed by atoms with E-state index >= 15 is 0 Å². The smallest absolute Gasteiger partial charge is 0.143 e. The van der Waals surface area contributed by atoms with Crippen LogP contribution in [-0.2, 0) is 0 Å². The number of fused-ring (bicyclic) bond motifs is 3. The lowest BCUT2D eigenvalue weighted by atomic mass is 9.99. The number of para-hydroxylation sites is 2. The van der Waals surface area contributed by atoms with Crippen molar-refractivity contribution in [2.24, 2.45) is 0 Å². The van der Waals surface area contributed by atoms with Crippen LogP contribution in [0.25, 0.3) is 33.1 Å². The minimum Gasteiger partial charge on any atom is -0.455 e. The van der Waals surface area contributed by atoms with Crippen molar-refractivity contribution in [3.05, 3.63) is 71.8 Å². The Kier molecular flexibility index (Phi) is 2.61. The van der Waals surface area contributed by atoms with Gasteiger partial charge in [-0.05, 0) is 36.6 Å². The molecule has 0 aliphatic rings. The Labute approximate surface area is 123 Å². The van der Waals surface area contributed by atoms with Crippen LogP contribution in [-0.4, -0.2) is 0 Å². The highest BCUT2D eigenvalue weighted by Gasteiger charge is 2.11. The Morgan fingerprint density at radius 3 is 2.38 bits per heavy atom. The van der Waals surface area contributed by atoms with Crippen molar-refractivity contribution >= 4 is 21.9 Å². The maximum Gasteiger partial charge on any atom is 0.143 e. The van der Waals surface area contributed by atoms with Gasteiger partial charge in [-0.1, -0.05) is 54.6 Å². The van der Waals surface area contributed by atoms with Crippen LogP contribution in [0.3, 0.4) is 0 Å². The van der Waals surface area contributed by atoms with Crippen molar-refractivity contribution in [2.75, 3.05) is 0 Å². The third-order valence-corrected chi connectivity index (χ3v) is 4.22. The van der Waals surface area contributed by atoms with E-state index in [4.69, 9.17) is 4.42 Å². The summed E-state index contributed by atoms with van der Waals surface area (Å²) in [6, 6.07) is 21.2. The van der Waals surface area contributed by atoms with E-state index in [0.717, 1.165) is 16.7 Å². The van der Waals surface area contributed by atoms with E-state index in [1.807, 2.05) is 12.1 Å². The van der Waals surface area contributed by atoms with Gasteiger partial charge in [-0.3, -0.25) is 0 Å². The normalized spacial score (nSPS) is 11.3. The fourth-order valence-corrected chi connectivity index (χ4v) is 2.88. The molecule has 0 saturated heterocycles. The topological polar surface area (TPSA) is 13.1 Å². The van der Waals surface area contributed by atoms with Crippen molar-refractivity contribution in [3.8, 4) is 11.1 Å². The van der Waals surface area contributed by atoms with Crippen molar-refractivity contribution in [2.45, 2.75) is 13.8 Å². The monoisotopic (exact) mass is 272 g/mol. The predicted molar refractivity (Wildman–Crippen MR) is 88.6 cm³/mol.